The van der Waals surface area contributed by atoms with E-state index in [1.54, 1.807) is 13.8 Å². The minimum atomic E-state index is -3.55. The van der Waals surface area contributed by atoms with Gasteiger partial charge in [-0.1, -0.05) is 0 Å². The van der Waals surface area contributed by atoms with Crippen LogP contribution in [0.5, 0.6) is 5.75 Å². The van der Waals surface area contributed by atoms with Gasteiger partial charge in [0.05, 0.1) is 6.26 Å². The van der Waals surface area contributed by atoms with Crippen molar-refractivity contribution in [3.05, 3.63) is 29.1 Å². The van der Waals surface area contributed by atoms with Gasteiger partial charge in [-0.15, -0.1) is 0 Å². The lowest BCUT2D eigenvalue weighted by molar-refractivity contribution is 0.489. The zero-order chi connectivity index (χ0) is 10.9. The van der Waals surface area contributed by atoms with Crippen LogP contribution in [-0.4, -0.2) is 14.7 Å². The predicted molar refractivity (Wildman–Crippen MR) is 51.3 cm³/mol. The van der Waals surface area contributed by atoms with Crippen molar-refractivity contribution in [3.8, 4) is 5.75 Å². The first-order chi connectivity index (χ1) is 6.31. The fraction of sp³-hybridized carbons (Fsp3) is 0.333. The van der Waals surface area contributed by atoms with E-state index in [9.17, 15) is 12.8 Å². The molecule has 0 aromatic heterocycles. The van der Waals surface area contributed by atoms with Crippen molar-refractivity contribution in [2.45, 2.75) is 13.8 Å². The number of halogens is 1. The Bertz CT molecular complexity index is 451. The predicted octanol–water partition coefficient (Wildman–Crippen LogP) is 1.78. The Labute approximate surface area is 82.6 Å². The third-order valence-corrected chi connectivity index (χ3v) is 2.39. The lowest BCUT2D eigenvalue weighted by atomic mass is 10.1. The van der Waals surface area contributed by atoms with E-state index in [4.69, 9.17) is 0 Å². The minimum Gasteiger partial charge on any atom is -0.382 e. The van der Waals surface area contributed by atoms with Gasteiger partial charge < -0.3 is 4.18 Å². The Kier molecular flexibility index (Phi) is 2.80. The van der Waals surface area contributed by atoms with Crippen LogP contribution in [0.15, 0.2) is 12.1 Å². The van der Waals surface area contributed by atoms with Crippen molar-refractivity contribution in [1.29, 1.82) is 0 Å². The highest BCUT2D eigenvalue weighted by Gasteiger charge is 2.11. The number of benzene rings is 1. The maximum absolute atomic E-state index is 13.0. The minimum absolute atomic E-state index is 0.173. The summed E-state index contributed by atoms with van der Waals surface area (Å²) in [5, 5.41) is 0. The highest BCUT2D eigenvalue weighted by Crippen LogP contribution is 2.24. The summed E-state index contributed by atoms with van der Waals surface area (Å²) in [6.45, 7) is 3.18. The first-order valence-corrected chi connectivity index (χ1v) is 5.78. The lowest BCUT2D eigenvalue weighted by Crippen LogP contribution is -2.07. The van der Waals surface area contributed by atoms with Gasteiger partial charge in [0.1, 0.15) is 11.6 Å². The molecule has 0 aliphatic heterocycles. The first kappa shape index (κ1) is 11.0. The molecule has 1 aromatic carbocycles. The van der Waals surface area contributed by atoms with E-state index in [0.29, 0.717) is 11.1 Å². The van der Waals surface area contributed by atoms with E-state index in [-0.39, 0.29) is 11.6 Å². The standard InChI is InChI=1S/C9H11FO3S/c1-6-7(2)9(5-4-8(6)10)13-14(3,11)12/h4-5H,1-3H3. The maximum Gasteiger partial charge on any atom is 0.306 e. The van der Waals surface area contributed by atoms with Crippen LogP contribution in [-0.2, 0) is 10.1 Å². The molecule has 0 spiro atoms. The van der Waals surface area contributed by atoms with Gasteiger partial charge >= 0.3 is 10.1 Å². The van der Waals surface area contributed by atoms with Crippen molar-refractivity contribution in [3.63, 3.8) is 0 Å². The van der Waals surface area contributed by atoms with Gasteiger partial charge in [-0.05, 0) is 37.1 Å². The number of hydrogen-bond acceptors (Lipinski definition) is 3. The Morgan fingerprint density at radius 3 is 2.29 bits per heavy atom. The third kappa shape index (κ3) is 2.45. The molecular weight excluding hydrogens is 207 g/mol. The first-order valence-electron chi connectivity index (χ1n) is 3.96. The number of hydrogen-bond donors (Lipinski definition) is 0. The van der Waals surface area contributed by atoms with Crippen molar-refractivity contribution < 1.29 is 17.0 Å². The molecule has 0 unspecified atom stereocenters. The molecule has 0 bridgehead atoms. The molecular formula is C9H11FO3S. The molecule has 0 radical (unpaired) electrons. The SMILES string of the molecule is Cc1c(F)ccc(OS(C)(=O)=O)c1C. The normalized spacial score (nSPS) is 11.4. The van der Waals surface area contributed by atoms with Crippen molar-refractivity contribution in [1.82, 2.24) is 0 Å². The van der Waals surface area contributed by atoms with Crippen molar-refractivity contribution >= 4 is 10.1 Å². The van der Waals surface area contributed by atoms with E-state index >= 15 is 0 Å². The Balaban J connectivity index is 3.19. The zero-order valence-electron chi connectivity index (χ0n) is 8.17. The van der Waals surface area contributed by atoms with Crippen LogP contribution in [0.4, 0.5) is 4.39 Å². The van der Waals surface area contributed by atoms with Crippen LogP contribution >= 0.6 is 0 Å². The van der Waals surface area contributed by atoms with Gasteiger partial charge in [-0.25, -0.2) is 4.39 Å². The molecule has 0 saturated carbocycles. The second-order valence-corrected chi connectivity index (χ2v) is 4.66. The average Bonchev–Trinajstić information content (AvgIpc) is 2.04. The summed E-state index contributed by atoms with van der Waals surface area (Å²) in [5.41, 5.74) is 0.890. The van der Waals surface area contributed by atoms with Gasteiger partial charge in [0, 0.05) is 0 Å². The molecule has 0 aliphatic rings. The molecule has 1 aromatic rings. The van der Waals surface area contributed by atoms with Crippen LogP contribution < -0.4 is 4.18 Å². The van der Waals surface area contributed by atoms with Crippen LogP contribution in [0, 0.1) is 19.7 Å². The van der Waals surface area contributed by atoms with Gasteiger partial charge in [0.2, 0.25) is 0 Å². The highest BCUT2D eigenvalue weighted by molar-refractivity contribution is 7.86. The fourth-order valence-electron chi connectivity index (χ4n) is 1.02. The fourth-order valence-corrected chi connectivity index (χ4v) is 1.52. The summed E-state index contributed by atoms with van der Waals surface area (Å²) in [4.78, 5) is 0. The molecule has 78 valence electrons. The molecule has 5 heteroatoms. The van der Waals surface area contributed by atoms with E-state index in [0.717, 1.165) is 6.26 Å². The Hall–Kier alpha value is -1.10. The van der Waals surface area contributed by atoms with E-state index in [2.05, 4.69) is 4.18 Å². The van der Waals surface area contributed by atoms with E-state index < -0.39 is 10.1 Å². The zero-order valence-corrected chi connectivity index (χ0v) is 8.98. The van der Waals surface area contributed by atoms with Crippen molar-refractivity contribution in [2.24, 2.45) is 0 Å². The largest absolute Gasteiger partial charge is 0.382 e. The topological polar surface area (TPSA) is 43.4 Å². The van der Waals surface area contributed by atoms with Crippen molar-refractivity contribution in [2.75, 3.05) is 6.26 Å². The van der Waals surface area contributed by atoms with Crippen LogP contribution in [0.3, 0.4) is 0 Å². The molecule has 14 heavy (non-hydrogen) atoms. The molecule has 0 saturated heterocycles. The molecule has 0 heterocycles. The lowest BCUT2D eigenvalue weighted by Gasteiger charge is -2.08. The monoisotopic (exact) mass is 218 g/mol. The molecule has 0 amide bonds. The molecule has 0 N–H and O–H groups in total. The van der Waals surface area contributed by atoms with E-state index in [1.807, 2.05) is 0 Å². The van der Waals surface area contributed by atoms with Gasteiger partial charge in [0.25, 0.3) is 0 Å². The molecule has 0 aliphatic carbocycles. The summed E-state index contributed by atoms with van der Waals surface area (Å²) in [5.74, 6) is -0.199. The number of rotatable bonds is 2. The van der Waals surface area contributed by atoms with Gasteiger partial charge in [0.15, 0.2) is 0 Å². The molecule has 1 rings (SSSR count). The molecule has 0 fully saturated rings. The van der Waals surface area contributed by atoms with Gasteiger partial charge in [-0.2, -0.15) is 8.42 Å². The summed E-state index contributed by atoms with van der Waals surface area (Å²) in [7, 11) is -3.55. The Morgan fingerprint density at radius 2 is 1.79 bits per heavy atom. The summed E-state index contributed by atoms with van der Waals surface area (Å²) in [6, 6.07) is 2.49. The van der Waals surface area contributed by atoms with Crippen LogP contribution in [0.2, 0.25) is 0 Å². The highest BCUT2D eigenvalue weighted by atomic mass is 32.2. The average molecular weight is 218 g/mol. The quantitative estimate of drug-likeness (QED) is 0.711. The van der Waals surface area contributed by atoms with Gasteiger partial charge in [-0.3, -0.25) is 0 Å². The Morgan fingerprint density at radius 1 is 1.21 bits per heavy atom. The smallest absolute Gasteiger partial charge is 0.306 e. The summed E-state index contributed by atoms with van der Waals surface area (Å²) < 4.78 is 39.3. The van der Waals surface area contributed by atoms with E-state index in [1.165, 1.54) is 12.1 Å². The maximum atomic E-state index is 13.0. The van der Waals surface area contributed by atoms with Crippen LogP contribution in [0.1, 0.15) is 11.1 Å². The summed E-state index contributed by atoms with van der Waals surface area (Å²) >= 11 is 0. The third-order valence-electron chi connectivity index (χ3n) is 1.91. The second-order valence-electron chi connectivity index (χ2n) is 3.08. The molecule has 0 atom stereocenters. The molecule has 3 nitrogen and oxygen atoms in total. The second kappa shape index (κ2) is 3.57. The van der Waals surface area contributed by atoms with Crippen LogP contribution in [0.25, 0.3) is 0 Å². The summed E-state index contributed by atoms with van der Waals surface area (Å²) in [6.07, 6.45) is 0.950.